The van der Waals surface area contributed by atoms with E-state index in [1.807, 2.05) is 7.05 Å². The number of guanidine groups is 1. The minimum atomic E-state index is 0. The number of nitrogens with zero attached hydrogens (tertiary/aromatic N) is 3. The molecule has 1 fully saturated rings. The summed E-state index contributed by atoms with van der Waals surface area (Å²) < 4.78 is 0. The quantitative estimate of drug-likeness (QED) is 0.447. The molecule has 0 atom stereocenters. The van der Waals surface area contributed by atoms with Crippen LogP contribution in [0.5, 0.6) is 0 Å². The predicted octanol–water partition coefficient (Wildman–Crippen LogP) is 3.62. The Morgan fingerprint density at radius 1 is 1.32 bits per heavy atom. The van der Waals surface area contributed by atoms with E-state index >= 15 is 0 Å². The van der Waals surface area contributed by atoms with Gasteiger partial charge in [-0.2, -0.15) is 0 Å². The van der Waals surface area contributed by atoms with Crippen molar-refractivity contribution >= 4 is 41.3 Å². The van der Waals surface area contributed by atoms with Gasteiger partial charge in [-0.3, -0.25) is 4.99 Å². The molecule has 0 saturated carbocycles. The van der Waals surface area contributed by atoms with Gasteiger partial charge in [0.05, 0.1) is 10.7 Å². The summed E-state index contributed by atoms with van der Waals surface area (Å²) in [6, 6.07) is 0. The number of rotatable bonds is 3. The first-order valence-corrected chi connectivity index (χ1v) is 8.42. The fraction of sp³-hybridized carbons (Fsp3) is 0.750. The number of likely N-dealkylation sites (tertiary alicyclic amines) is 1. The molecule has 22 heavy (non-hydrogen) atoms. The zero-order valence-corrected chi connectivity index (χ0v) is 17.9. The second-order valence-electron chi connectivity index (χ2n) is 6.99. The van der Waals surface area contributed by atoms with Gasteiger partial charge >= 0.3 is 0 Å². The van der Waals surface area contributed by atoms with Crippen molar-refractivity contribution in [2.45, 2.75) is 53.5 Å². The molecule has 0 spiro atoms. The van der Waals surface area contributed by atoms with Crippen LogP contribution in [0.4, 0.5) is 0 Å². The summed E-state index contributed by atoms with van der Waals surface area (Å²) in [7, 11) is 1.87. The Hall–Kier alpha value is -0.370. The lowest BCUT2D eigenvalue weighted by Gasteiger charge is -2.62. The average Bonchev–Trinajstić information content (AvgIpc) is 2.71. The zero-order valence-electron chi connectivity index (χ0n) is 14.8. The number of hydrogen-bond donors (Lipinski definition) is 1. The highest BCUT2D eigenvalue weighted by atomic mass is 127. The van der Waals surface area contributed by atoms with Crippen LogP contribution >= 0.6 is 35.3 Å². The summed E-state index contributed by atoms with van der Waals surface area (Å²) in [5, 5.41) is 4.66. The van der Waals surface area contributed by atoms with Gasteiger partial charge in [-0.05, 0) is 27.7 Å². The fourth-order valence-corrected chi connectivity index (χ4v) is 3.73. The molecule has 1 aliphatic rings. The maximum Gasteiger partial charge on any atom is 0.194 e. The number of aromatic nitrogens is 1. The standard InChI is InChI=1S/C16H28N4S.HI/c1-11-13(21-12(2)19-11)8-9-18-14(17-7)20-10-15(3,4)16(20,5)6;/h8-10H2,1-7H3,(H,17,18);1H. The molecule has 126 valence electrons. The Kier molecular flexibility index (Phi) is 6.29. The first-order chi connectivity index (χ1) is 9.69. The van der Waals surface area contributed by atoms with E-state index in [-0.39, 0.29) is 29.5 Å². The zero-order chi connectivity index (χ0) is 15.8. The summed E-state index contributed by atoms with van der Waals surface area (Å²) in [6.07, 6.45) is 1.01. The smallest absolute Gasteiger partial charge is 0.194 e. The molecule has 0 aliphatic carbocycles. The number of nitrogens with one attached hydrogen (secondary N) is 1. The van der Waals surface area contributed by atoms with E-state index in [4.69, 9.17) is 0 Å². The van der Waals surface area contributed by atoms with Gasteiger partial charge in [-0.25, -0.2) is 4.98 Å². The van der Waals surface area contributed by atoms with Crippen molar-refractivity contribution in [2.24, 2.45) is 10.4 Å². The van der Waals surface area contributed by atoms with Crippen LogP contribution in [0.25, 0.3) is 0 Å². The molecular weight excluding hydrogens is 407 g/mol. The van der Waals surface area contributed by atoms with Crippen LogP contribution in [0.2, 0.25) is 0 Å². The van der Waals surface area contributed by atoms with Crippen molar-refractivity contribution in [1.82, 2.24) is 15.2 Å². The monoisotopic (exact) mass is 436 g/mol. The molecule has 1 aromatic heterocycles. The molecule has 1 aromatic rings. The van der Waals surface area contributed by atoms with Gasteiger partial charge in [0.1, 0.15) is 0 Å². The second-order valence-corrected chi connectivity index (χ2v) is 8.28. The number of aliphatic imine (C=N–C) groups is 1. The first kappa shape index (κ1) is 19.7. The Labute approximate surface area is 155 Å². The molecular formula is C16H29IN4S. The molecule has 2 heterocycles. The van der Waals surface area contributed by atoms with Crippen molar-refractivity contribution in [1.29, 1.82) is 0 Å². The van der Waals surface area contributed by atoms with E-state index in [2.05, 4.69) is 61.7 Å². The highest BCUT2D eigenvalue weighted by molar-refractivity contribution is 14.0. The van der Waals surface area contributed by atoms with Gasteiger partial charge in [-0.1, -0.05) is 13.8 Å². The molecule has 0 radical (unpaired) electrons. The van der Waals surface area contributed by atoms with Gasteiger partial charge in [-0.15, -0.1) is 35.3 Å². The number of hydrogen-bond acceptors (Lipinski definition) is 3. The van der Waals surface area contributed by atoms with Crippen LogP contribution in [0, 0.1) is 19.3 Å². The second kappa shape index (κ2) is 7.03. The minimum Gasteiger partial charge on any atom is -0.356 e. The summed E-state index contributed by atoms with van der Waals surface area (Å²) in [5.74, 6) is 1.01. The van der Waals surface area contributed by atoms with Gasteiger partial charge in [0.2, 0.25) is 0 Å². The minimum absolute atomic E-state index is 0. The highest BCUT2D eigenvalue weighted by Crippen LogP contribution is 2.46. The molecule has 6 heteroatoms. The first-order valence-electron chi connectivity index (χ1n) is 7.60. The molecule has 1 aliphatic heterocycles. The van der Waals surface area contributed by atoms with Crippen LogP contribution in [0.15, 0.2) is 4.99 Å². The molecule has 2 rings (SSSR count). The van der Waals surface area contributed by atoms with Crippen molar-refractivity contribution in [3.05, 3.63) is 15.6 Å². The number of aryl methyl sites for hydroxylation is 2. The lowest BCUT2D eigenvalue weighted by Crippen LogP contribution is -2.72. The van der Waals surface area contributed by atoms with Gasteiger partial charge in [0.15, 0.2) is 5.96 Å². The summed E-state index contributed by atoms with van der Waals surface area (Å²) in [4.78, 5) is 12.7. The van der Waals surface area contributed by atoms with Crippen molar-refractivity contribution in [3.8, 4) is 0 Å². The van der Waals surface area contributed by atoms with Crippen LogP contribution in [-0.2, 0) is 6.42 Å². The summed E-state index contributed by atoms with van der Waals surface area (Å²) in [6.45, 7) is 15.3. The third kappa shape index (κ3) is 3.58. The molecule has 4 nitrogen and oxygen atoms in total. The SMILES string of the molecule is CN=C(NCCc1sc(C)nc1C)N1CC(C)(C)C1(C)C.I. The average molecular weight is 436 g/mol. The lowest BCUT2D eigenvalue weighted by atomic mass is 9.65. The van der Waals surface area contributed by atoms with Gasteiger partial charge < -0.3 is 10.2 Å². The van der Waals surface area contributed by atoms with Crippen molar-refractivity contribution in [2.75, 3.05) is 20.1 Å². The van der Waals surface area contributed by atoms with Crippen LogP contribution in [0.3, 0.4) is 0 Å². The van der Waals surface area contributed by atoms with Crippen molar-refractivity contribution < 1.29 is 0 Å². The molecule has 0 amide bonds. The van der Waals surface area contributed by atoms with Gasteiger partial charge in [0, 0.05) is 42.4 Å². The molecule has 0 aromatic carbocycles. The molecule has 0 bridgehead atoms. The van der Waals surface area contributed by atoms with Crippen LogP contribution in [-0.4, -0.2) is 41.5 Å². The normalized spacial score (nSPS) is 19.4. The van der Waals surface area contributed by atoms with E-state index in [1.54, 1.807) is 11.3 Å². The van der Waals surface area contributed by atoms with Gasteiger partial charge in [0.25, 0.3) is 0 Å². The van der Waals surface area contributed by atoms with E-state index in [1.165, 1.54) is 10.6 Å². The predicted molar refractivity (Wildman–Crippen MR) is 107 cm³/mol. The third-order valence-electron chi connectivity index (χ3n) is 4.99. The maximum absolute atomic E-state index is 4.48. The fourth-order valence-electron chi connectivity index (χ4n) is 2.79. The van der Waals surface area contributed by atoms with Crippen molar-refractivity contribution in [3.63, 3.8) is 0 Å². The molecule has 1 saturated heterocycles. The number of halogens is 1. The van der Waals surface area contributed by atoms with E-state index in [0.29, 0.717) is 5.41 Å². The molecule has 1 N–H and O–H groups in total. The highest BCUT2D eigenvalue weighted by Gasteiger charge is 2.53. The van der Waals surface area contributed by atoms with Crippen LogP contribution < -0.4 is 5.32 Å². The topological polar surface area (TPSA) is 40.5 Å². The van der Waals surface area contributed by atoms with E-state index in [0.717, 1.165) is 30.5 Å². The van der Waals surface area contributed by atoms with Crippen LogP contribution in [0.1, 0.15) is 43.3 Å². The summed E-state index contributed by atoms with van der Waals surface area (Å²) in [5.41, 5.74) is 1.64. The summed E-state index contributed by atoms with van der Waals surface area (Å²) >= 11 is 1.80. The Morgan fingerprint density at radius 3 is 2.36 bits per heavy atom. The number of thiazole rings is 1. The van der Waals surface area contributed by atoms with E-state index in [9.17, 15) is 0 Å². The largest absolute Gasteiger partial charge is 0.356 e. The Balaban J connectivity index is 0.00000242. The van der Waals surface area contributed by atoms with E-state index < -0.39 is 0 Å². The maximum atomic E-state index is 4.48. The lowest BCUT2D eigenvalue weighted by molar-refractivity contribution is -0.0666. The molecule has 0 unspecified atom stereocenters. The third-order valence-corrected chi connectivity index (χ3v) is 6.12. The Bertz CT molecular complexity index is 548. The Morgan fingerprint density at radius 2 is 1.95 bits per heavy atom.